The van der Waals surface area contributed by atoms with Crippen LogP contribution >= 0.6 is 11.3 Å². The summed E-state index contributed by atoms with van der Waals surface area (Å²) in [5, 5.41) is 11.1. The number of hydrogen-bond donors (Lipinski definition) is 1. The van der Waals surface area contributed by atoms with Crippen LogP contribution in [0.5, 0.6) is 0 Å². The Kier molecular flexibility index (Phi) is 2.41. The summed E-state index contributed by atoms with van der Waals surface area (Å²) >= 11 is 1.55. The minimum atomic E-state index is -0.336. The second-order valence-corrected chi connectivity index (χ2v) is 5.23. The lowest BCUT2D eigenvalue weighted by molar-refractivity contribution is -0.140. The van der Waals surface area contributed by atoms with E-state index >= 15 is 0 Å². The highest BCUT2D eigenvalue weighted by molar-refractivity contribution is 7.15. The number of hydrogen-bond acceptors (Lipinski definition) is 4. The van der Waals surface area contributed by atoms with E-state index in [1.807, 2.05) is 22.9 Å². The molecule has 0 atom stereocenters. The molecule has 0 aliphatic carbocycles. The van der Waals surface area contributed by atoms with Crippen molar-refractivity contribution in [1.82, 2.24) is 14.3 Å². The smallest absolute Gasteiger partial charge is 0.228 e. The van der Waals surface area contributed by atoms with E-state index in [9.17, 15) is 4.79 Å². The number of carbonyl (C=O) groups is 1. The van der Waals surface area contributed by atoms with Crippen molar-refractivity contribution in [1.29, 1.82) is 0 Å². The van der Waals surface area contributed by atoms with Gasteiger partial charge in [-0.2, -0.15) is 0 Å². The van der Waals surface area contributed by atoms with Crippen molar-refractivity contribution < 1.29 is 9.90 Å². The van der Waals surface area contributed by atoms with Gasteiger partial charge in [-0.25, -0.2) is 4.98 Å². The number of carbonyl (C=O) groups excluding carboxylic acids is 1. The molecule has 90 valence electrons. The Morgan fingerprint density at radius 1 is 1.65 bits per heavy atom. The zero-order chi connectivity index (χ0) is 12.0. The summed E-state index contributed by atoms with van der Waals surface area (Å²) in [4.78, 5) is 18.8. The number of aliphatic hydroxyl groups excluding tert-OH is 1. The molecule has 1 aliphatic heterocycles. The number of likely N-dealkylation sites (tertiary alicyclic amines) is 1. The monoisotopic (exact) mass is 251 g/mol. The second-order valence-electron chi connectivity index (χ2n) is 4.39. The molecule has 0 saturated carbocycles. The summed E-state index contributed by atoms with van der Waals surface area (Å²) in [5.41, 5.74) is 1.93. The van der Waals surface area contributed by atoms with Crippen LogP contribution in [0.4, 0.5) is 0 Å². The third-order valence-corrected chi connectivity index (χ3v) is 3.84. The minimum Gasteiger partial charge on any atom is -0.389 e. The molecule has 1 fully saturated rings. The highest BCUT2D eigenvalue weighted by Gasteiger charge is 2.29. The molecule has 1 N–H and O–H groups in total. The van der Waals surface area contributed by atoms with E-state index < -0.39 is 0 Å². The van der Waals surface area contributed by atoms with E-state index in [4.69, 9.17) is 5.11 Å². The number of aliphatic hydroxyl groups is 1. The molecule has 1 amide bonds. The van der Waals surface area contributed by atoms with Crippen LogP contribution in [0.25, 0.3) is 4.96 Å². The van der Waals surface area contributed by atoms with Crippen LogP contribution in [0, 0.1) is 6.92 Å². The molecule has 0 bridgehead atoms. The summed E-state index contributed by atoms with van der Waals surface area (Å²) < 4.78 is 1.97. The number of β-amino-alcohol motifs (C(OH)–C–C–N with tert-alkyl or cyclic N) is 1. The van der Waals surface area contributed by atoms with Gasteiger partial charge in [-0.15, -0.1) is 11.3 Å². The molecular formula is C11H13N3O2S. The van der Waals surface area contributed by atoms with Gasteiger partial charge >= 0.3 is 0 Å². The zero-order valence-corrected chi connectivity index (χ0v) is 10.3. The van der Waals surface area contributed by atoms with Gasteiger partial charge in [0.15, 0.2) is 4.96 Å². The fourth-order valence-corrected chi connectivity index (χ4v) is 2.91. The van der Waals surface area contributed by atoms with Crippen molar-refractivity contribution in [3.8, 4) is 0 Å². The molecule has 1 saturated heterocycles. The number of imidazole rings is 1. The Bertz CT molecular complexity index is 568. The molecule has 6 heteroatoms. The van der Waals surface area contributed by atoms with Gasteiger partial charge in [0.1, 0.15) is 0 Å². The van der Waals surface area contributed by atoms with Crippen LogP contribution in [-0.2, 0) is 11.2 Å². The van der Waals surface area contributed by atoms with Gasteiger partial charge in [-0.1, -0.05) is 0 Å². The molecular weight excluding hydrogens is 238 g/mol. The minimum absolute atomic E-state index is 0.0707. The number of thiazole rings is 1. The summed E-state index contributed by atoms with van der Waals surface area (Å²) in [6.07, 6.45) is 1.99. The predicted octanol–water partition coefficient (Wildman–Crippen LogP) is 0.450. The number of rotatable bonds is 2. The van der Waals surface area contributed by atoms with Gasteiger partial charge in [-0.3, -0.25) is 9.20 Å². The molecule has 3 rings (SSSR count). The van der Waals surface area contributed by atoms with Gasteiger partial charge in [0.25, 0.3) is 0 Å². The lowest BCUT2D eigenvalue weighted by atomic mass is 10.1. The average Bonchev–Trinajstić information content (AvgIpc) is 2.74. The van der Waals surface area contributed by atoms with Gasteiger partial charge in [-0.05, 0) is 6.92 Å². The van der Waals surface area contributed by atoms with Crippen molar-refractivity contribution in [2.45, 2.75) is 19.4 Å². The molecule has 3 heterocycles. The van der Waals surface area contributed by atoms with Gasteiger partial charge in [0, 0.05) is 30.4 Å². The average molecular weight is 251 g/mol. The van der Waals surface area contributed by atoms with Crippen LogP contribution < -0.4 is 0 Å². The van der Waals surface area contributed by atoms with Crippen molar-refractivity contribution in [2.75, 3.05) is 13.1 Å². The molecule has 0 radical (unpaired) electrons. The molecule has 0 aromatic carbocycles. The molecule has 1 aliphatic rings. The molecule has 5 nitrogen and oxygen atoms in total. The first-order valence-electron chi connectivity index (χ1n) is 5.51. The third kappa shape index (κ3) is 1.83. The van der Waals surface area contributed by atoms with Crippen LogP contribution in [0.2, 0.25) is 0 Å². The highest BCUT2D eigenvalue weighted by atomic mass is 32.1. The Balaban J connectivity index is 1.78. The van der Waals surface area contributed by atoms with Crippen molar-refractivity contribution >= 4 is 22.2 Å². The maximum absolute atomic E-state index is 11.9. The van der Waals surface area contributed by atoms with E-state index in [0.717, 1.165) is 16.3 Å². The quantitative estimate of drug-likeness (QED) is 0.843. The highest BCUT2D eigenvalue weighted by Crippen LogP contribution is 2.18. The van der Waals surface area contributed by atoms with Crippen molar-refractivity contribution in [3.05, 3.63) is 23.0 Å². The zero-order valence-electron chi connectivity index (χ0n) is 9.46. The summed E-state index contributed by atoms with van der Waals surface area (Å²) in [5.74, 6) is 0.0707. The Morgan fingerprint density at radius 3 is 3.12 bits per heavy atom. The van der Waals surface area contributed by atoms with Crippen LogP contribution in [0.3, 0.4) is 0 Å². The Morgan fingerprint density at radius 2 is 2.41 bits per heavy atom. The van der Waals surface area contributed by atoms with Crippen LogP contribution in [-0.4, -0.2) is 44.5 Å². The standard InChI is InChI=1S/C11H13N3O2S/c1-7-3-14-8(6-17-11(14)12-7)2-10(16)13-4-9(15)5-13/h3,6,9,15H,2,4-5H2,1H3. The first kappa shape index (κ1) is 10.7. The topological polar surface area (TPSA) is 57.8 Å². The first-order valence-corrected chi connectivity index (χ1v) is 6.39. The van der Waals surface area contributed by atoms with E-state index in [1.165, 1.54) is 0 Å². The number of amides is 1. The number of aromatic nitrogens is 2. The summed E-state index contributed by atoms with van der Waals surface area (Å²) in [6.45, 7) is 2.88. The fourth-order valence-electron chi connectivity index (χ4n) is 1.99. The van der Waals surface area contributed by atoms with E-state index in [2.05, 4.69) is 4.98 Å². The second kappa shape index (κ2) is 3.82. The van der Waals surface area contributed by atoms with E-state index in [1.54, 1.807) is 16.2 Å². The number of aryl methyl sites for hydroxylation is 1. The van der Waals surface area contributed by atoms with E-state index in [0.29, 0.717) is 19.5 Å². The lowest BCUT2D eigenvalue weighted by Crippen LogP contribution is -2.54. The Labute approximate surface area is 102 Å². The molecule has 2 aromatic heterocycles. The third-order valence-electron chi connectivity index (χ3n) is 2.95. The molecule has 0 unspecified atom stereocenters. The maximum Gasteiger partial charge on any atom is 0.228 e. The van der Waals surface area contributed by atoms with E-state index in [-0.39, 0.29) is 12.0 Å². The molecule has 0 spiro atoms. The normalized spacial score (nSPS) is 16.5. The van der Waals surface area contributed by atoms with Gasteiger partial charge < -0.3 is 10.0 Å². The van der Waals surface area contributed by atoms with Crippen molar-refractivity contribution in [2.24, 2.45) is 0 Å². The Hall–Kier alpha value is -1.40. The number of fused-ring (bicyclic) bond motifs is 1. The SMILES string of the molecule is Cc1cn2c(CC(=O)N3CC(O)C3)csc2n1. The molecule has 17 heavy (non-hydrogen) atoms. The first-order chi connectivity index (χ1) is 8.13. The predicted molar refractivity (Wildman–Crippen MR) is 64.1 cm³/mol. The fraction of sp³-hybridized carbons (Fsp3) is 0.455. The van der Waals surface area contributed by atoms with Crippen LogP contribution in [0.1, 0.15) is 11.4 Å². The van der Waals surface area contributed by atoms with Crippen molar-refractivity contribution in [3.63, 3.8) is 0 Å². The maximum atomic E-state index is 11.9. The largest absolute Gasteiger partial charge is 0.389 e. The summed E-state index contributed by atoms with van der Waals surface area (Å²) in [7, 11) is 0. The number of nitrogens with zero attached hydrogens (tertiary/aromatic N) is 3. The van der Waals surface area contributed by atoms with Crippen LogP contribution in [0.15, 0.2) is 11.6 Å². The summed E-state index contributed by atoms with van der Waals surface area (Å²) in [6, 6.07) is 0. The molecule has 2 aromatic rings. The van der Waals surface area contributed by atoms with Gasteiger partial charge in [0.05, 0.1) is 18.2 Å². The lowest BCUT2D eigenvalue weighted by Gasteiger charge is -2.35. The van der Waals surface area contributed by atoms with Gasteiger partial charge in [0.2, 0.25) is 5.91 Å².